The van der Waals surface area contributed by atoms with E-state index in [1.807, 2.05) is 6.92 Å². The van der Waals surface area contributed by atoms with E-state index < -0.39 is 6.17 Å². The first-order chi connectivity index (χ1) is 5.16. The van der Waals surface area contributed by atoms with E-state index in [9.17, 15) is 9.50 Å². The van der Waals surface area contributed by atoms with E-state index in [2.05, 4.69) is 0 Å². The second kappa shape index (κ2) is 3.72. The third-order valence-corrected chi connectivity index (χ3v) is 3.02. The molecule has 1 nitrogen and oxygen atoms in total. The molecule has 0 saturated heterocycles. The van der Waals surface area contributed by atoms with Gasteiger partial charge >= 0.3 is 0 Å². The van der Waals surface area contributed by atoms with Gasteiger partial charge in [-0.1, -0.05) is 6.92 Å². The number of halogens is 2. The van der Waals surface area contributed by atoms with Crippen LogP contribution in [0.4, 0.5) is 4.39 Å². The molecule has 4 atom stereocenters. The first-order valence-corrected chi connectivity index (χ1v) is 4.58. The van der Waals surface area contributed by atoms with Crippen LogP contribution in [-0.4, -0.2) is 23.3 Å². The molecule has 0 bridgehead atoms. The molecule has 0 amide bonds. The fourth-order valence-corrected chi connectivity index (χ4v) is 2.13. The first kappa shape index (κ1) is 9.27. The molecular formula is C8H14ClFO. The monoisotopic (exact) mass is 180 g/mol. The van der Waals surface area contributed by atoms with Gasteiger partial charge in [0, 0.05) is 11.8 Å². The van der Waals surface area contributed by atoms with Crippen LogP contribution >= 0.6 is 11.6 Å². The molecule has 0 aromatic rings. The molecule has 0 spiro atoms. The maximum absolute atomic E-state index is 13.1. The van der Waals surface area contributed by atoms with E-state index in [4.69, 9.17) is 11.6 Å². The predicted octanol–water partition coefficient (Wildman–Crippen LogP) is 1.97. The molecule has 11 heavy (non-hydrogen) atoms. The lowest BCUT2D eigenvalue weighted by molar-refractivity contribution is 0.00679. The summed E-state index contributed by atoms with van der Waals surface area (Å²) in [6.07, 6.45) is -0.129. The van der Waals surface area contributed by atoms with Crippen molar-refractivity contribution in [1.29, 1.82) is 0 Å². The van der Waals surface area contributed by atoms with Gasteiger partial charge in [0.2, 0.25) is 0 Å². The van der Waals surface area contributed by atoms with E-state index in [-0.39, 0.29) is 17.9 Å². The van der Waals surface area contributed by atoms with Crippen molar-refractivity contribution in [2.24, 2.45) is 11.8 Å². The van der Waals surface area contributed by atoms with Crippen LogP contribution in [0.25, 0.3) is 0 Å². The molecule has 0 aliphatic heterocycles. The van der Waals surface area contributed by atoms with Crippen LogP contribution < -0.4 is 0 Å². The van der Waals surface area contributed by atoms with Gasteiger partial charge in [-0.25, -0.2) is 4.39 Å². The number of hydrogen-bond acceptors (Lipinski definition) is 1. The maximum Gasteiger partial charge on any atom is 0.104 e. The fourth-order valence-electron chi connectivity index (χ4n) is 1.66. The van der Waals surface area contributed by atoms with Gasteiger partial charge in [0.25, 0.3) is 0 Å². The lowest BCUT2D eigenvalue weighted by Gasteiger charge is -2.34. The molecule has 1 saturated carbocycles. The van der Waals surface area contributed by atoms with Crippen molar-refractivity contribution in [2.75, 3.05) is 5.88 Å². The minimum absolute atomic E-state index is 0.0104. The third-order valence-electron chi connectivity index (χ3n) is 2.66. The molecule has 0 aromatic heterocycles. The van der Waals surface area contributed by atoms with Gasteiger partial charge in [0.05, 0.1) is 6.10 Å². The molecule has 1 aliphatic rings. The van der Waals surface area contributed by atoms with Crippen molar-refractivity contribution >= 4 is 11.6 Å². The highest BCUT2D eigenvalue weighted by Crippen LogP contribution is 2.32. The Balaban J connectivity index is 2.55. The molecule has 3 unspecified atom stereocenters. The number of aliphatic hydroxyl groups is 1. The van der Waals surface area contributed by atoms with Crippen LogP contribution in [0.2, 0.25) is 0 Å². The molecule has 0 aromatic carbocycles. The molecule has 1 fully saturated rings. The summed E-state index contributed by atoms with van der Waals surface area (Å²) < 4.78 is 13.1. The molecule has 1 N–H and O–H groups in total. The van der Waals surface area contributed by atoms with Gasteiger partial charge < -0.3 is 5.11 Å². The van der Waals surface area contributed by atoms with Crippen LogP contribution in [0.3, 0.4) is 0 Å². The van der Waals surface area contributed by atoms with Crippen LogP contribution in [0.15, 0.2) is 0 Å². The van der Waals surface area contributed by atoms with Crippen LogP contribution in [0.1, 0.15) is 19.8 Å². The Morgan fingerprint density at radius 2 is 2.18 bits per heavy atom. The van der Waals surface area contributed by atoms with Crippen molar-refractivity contribution in [3.63, 3.8) is 0 Å². The Kier molecular flexibility index (Phi) is 3.14. The Hall–Kier alpha value is 0.180. The van der Waals surface area contributed by atoms with Gasteiger partial charge in [-0.05, 0) is 18.8 Å². The average molecular weight is 181 g/mol. The Morgan fingerprint density at radius 1 is 1.55 bits per heavy atom. The topological polar surface area (TPSA) is 20.2 Å². The van der Waals surface area contributed by atoms with Crippen molar-refractivity contribution in [2.45, 2.75) is 32.0 Å². The highest BCUT2D eigenvalue weighted by molar-refractivity contribution is 6.18. The zero-order chi connectivity index (χ0) is 8.43. The Morgan fingerprint density at radius 3 is 2.64 bits per heavy atom. The average Bonchev–Trinajstić information content (AvgIpc) is 1.99. The van der Waals surface area contributed by atoms with E-state index in [0.29, 0.717) is 18.7 Å². The smallest absolute Gasteiger partial charge is 0.104 e. The van der Waals surface area contributed by atoms with Crippen LogP contribution in [-0.2, 0) is 0 Å². The molecule has 3 heteroatoms. The number of hydrogen-bond donors (Lipinski definition) is 1. The standard InChI is InChI=1S/C8H14ClFO/c1-5-6(4-9)7(10)2-3-8(5)11/h5-8,11H,2-4H2,1H3/t5?,6?,7-,8?/m1/s1. The second-order valence-corrected chi connectivity index (χ2v) is 3.65. The van der Waals surface area contributed by atoms with Gasteiger partial charge in [-0.15, -0.1) is 11.6 Å². The largest absolute Gasteiger partial charge is 0.393 e. The van der Waals surface area contributed by atoms with Gasteiger partial charge in [-0.3, -0.25) is 0 Å². The van der Waals surface area contributed by atoms with E-state index in [1.165, 1.54) is 0 Å². The zero-order valence-electron chi connectivity index (χ0n) is 6.63. The predicted molar refractivity (Wildman–Crippen MR) is 43.5 cm³/mol. The summed E-state index contributed by atoms with van der Waals surface area (Å²) in [7, 11) is 0. The first-order valence-electron chi connectivity index (χ1n) is 4.05. The number of aliphatic hydroxyl groups excluding tert-OH is 1. The van der Waals surface area contributed by atoms with E-state index >= 15 is 0 Å². The molecule has 66 valence electrons. The Labute approximate surface area is 71.6 Å². The molecule has 0 heterocycles. The highest BCUT2D eigenvalue weighted by Gasteiger charge is 2.35. The van der Waals surface area contributed by atoms with Crippen LogP contribution in [0, 0.1) is 11.8 Å². The van der Waals surface area contributed by atoms with E-state index in [1.54, 1.807) is 0 Å². The third kappa shape index (κ3) is 1.85. The molecule has 1 rings (SSSR count). The summed E-state index contributed by atoms with van der Waals surface area (Å²) in [5.41, 5.74) is 0. The van der Waals surface area contributed by atoms with Crippen LogP contribution in [0.5, 0.6) is 0 Å². The molecule has 1 aliphatic carbocycles. The summed E-state index contributed by atoms with van der Waals surface area (Å²) in [4.78, 5) is 0. The summed E-state index contributed by atoms with van der Waals surface area (Å²) in [6.45, 7) is 1.86. The van der Waals surface area contributed by atoms with Gasteiger partial charge in [0.1, 0.15) is 6.17 Å². The van der Waals surface area contributed by atoms with Crippen molar-refractivity contribution in [1.82, 2.24) is 0 Å². The minimum atomic E-state index is -0.814. The second-order valence-electron chi connectivity index (χ2n) is 3.34. The summed E-state index contributed by atoms with van der Waals surface area (Å²) in [6, 6.07) is 0. The highest BCUT2D eigenvalue weighted by atomic mass is 35.5. The van der Waals surface area contributed by atoms with Crippen molar-refractivity contribution in [3.8, 4) is 0 Å². The number of alkyl halides is 2. The lowest BCUT2D eigenvalue weighted by atomic mass is 9.78. The summed E-state index contributed by atoms with van der Waals surface area (Å²) >= 11 is 5.58. The maximum atomic E-state index is 13.1. The van der Waals surface area contributed by atoms with Crippen molar-refractivity contribution < 1.29 is 9.50 Å². The quantitative estimate of drug-likeness (QED) is 0.612. The van der Waals surface area contributed by atoms with Crippen molar-refractivity contribution in [3.05, 3.63) is 0 Å². The normalized spacial score (nSPS) is 45.8. The fraction of sp³-hybridized carbons (Fsp3) is 1.00. The molecule has 0 radical (unpaired) electrons. The molecular weight excluding hydrogens is 167 g/mol. The minimum Gasteiger partial charge on any atom is -0.393 e. The SMILES string of the molecule is CC1C(O)CC[C@@H](F)C1CCl. The van der Waals surface area contributed by atoms with E-state index in [0.717, 1.165) is 0 Å². The lowest BCUT2D eigenvalue weighted by Crippen LogP contribution is -2.38. The zero-order valence-corrected chi connectivity index (χ0v) is 7.39. The Bertz CT molecular complexity index is 131. The van der Waals surface area contributed by atoms with Gasteiger partial charge in [0.15, 0.2) is 0 Å². The van der Waals surface area contributed by atoms with Gasteiger partial charge in [-0.2, -0.15) is 0 Å². The number of rotatable bonds is 1. The summed E-state index contributed by atoms with van der Waals surface area (Å²) in [5.74, 6) is 0.177. The summed E-state index contributed by atoms with van der Waals surface area (Å²) in [5, 5.41) is 9.37.